The van der Waals surface area contributed by atoms with Crippen LogP contribution in [0.2, 0.25) is 10.0 Å². The second-order valence-electron chi connectivity index (χ2n) is 3.46. The van der Waals surface area contributed by atoms with Crippen LogP contribution in [0.15, 0.2) is 36.5 Å². The van der Waals surface area contributed by atoms with Crippen molar-refractivity contribution in [2.75, 3.05) is 5.32 Å². The van der Waals surface area contributed by atoms with Gasteiger partial charge in [0.05, 0.1) is 11.9 Å². The summed E-state index contributed by atoms with van der Waals surface area (Å²) in [5.41, 5.74) is 1.65. The minimum absolute atomic E-state index is 0.500. The maximum atomic E-state index is 12.6. The molecule has 0 unspecified atom stereocenters. The molecule has 1 aromatic heterocycles. The van der Waals surface area contributed by atoms with E-state index < -0.39 is 5.95 Å². The summed E-state index contributed by atoms with van der Waals surface area (Å²) >= 11 is 11.8. The van der Waals surface area contributed by atoms with Gasteiger partial charge in [0.1, 0.15) is 0 Å². The first-order valence-corrected chi connectivity index (χ1v) is 5.70. The lowest BCUT2D eigenvalue weighted by Gasteiger charge is -2.07. The Labute approximate surface area is 108 Å². The quantitative estimate of drug-likeness (QED) is 0.848. The van der Waals surface area contributed by atoms with Gasteiger partial charge in [-0.2, -0.15) is 4.39 Å². The van der Waals surface area contributed by atoms with Crippen molar-refractivity contribution in [2.45, 2.75) is 6.54 Å². The van der Waals surface area contributed by atoms with Crippen molar-refractivity contribution in [3.05, 3.63) is 58.1 Å². The van der Waals surface area contributed by atoms with Crippen LogP contribution < -0.4 is 5.32 Å². The highest BCUT2D eigenvalue weighted by Gasteiger charge is 2.01. The van der Waals surface area contributed by atoms with E-state index in [-0.39, 0.29) is 0 Å². The van der Waals surface area contributed by atoms with Crippen molar-refractivity contribution in [3.8, 4) is 0 Å². The number of aromatic nitrogens is 1. The monoisotopic (exact) mass is 270 g/mol. The molecule has 1 aromatic carbocycles. The third-order valence-corrected chi connectivity index (χ3v) is 2.81. The number of pyridine rings is 1. The van der Waals surface area contributed by atoms with Crippen LogP contribution in [0, 0.1) is 5.95 Å². The summed E-state index contributed by atoms with van der Waals surface area (Å²) < 4.78 is 12.6. The van der Waals surface area contributed by atoms with Crippen molar-refractivity contribution < 1.29 is 4.39 Å². The molecule has 0 amide bonds. The van der Waals surface area contributed by atoms with Gasteiger partial charge >= 0.3 is 0 Å². The Bertz CT molecular complexity index is 514. The average molecular weight is 271 g/mol. The molecule has 0 saturated carbocycles. The molecule has 0 aliphatic rings. The van der Waals surface area contributed by atoms with Gasteiger partial charge in [0.15, 0.2) is 0 Å². The third kappa shape index (κ3) is 3.32. The number of nitrogens with zero attached hydrogens (tertiary/aromatic N) is 1. The van der Waals surface area contributed by atoms with Gasteiger partial charge < -0.3 is 5.32 Å². The van der Waals surface area contributed by atoms with Crippen LogP contribution in [0.3, 0.4) is 0 Å². The fourth-order valence-corrected chi connectivity index (χ4v) is 1.82. The first kappa shape index (κ1) is 12.1. The zero-order valence-corrected chi connectivity index (χ0v) is 10.3. The van der Waals surface area contributed by atoms with Crippen molar-refractivity contribution in [1.82, 2.24) is 4.98 Å². The van der Waals surface area contributed by atoms with E-state index in [2.05, 4.69) is 10.3 Å². The third-order valence-electron chi connectivity index (χ3n) is 2.23. The Balaban J connectivity index is 2.04. The predicted molar refractivity (Wildman–Crippen MR) is 68.0 cm³/mol. The van der Waals surface area contributed by atoms with E-state index in [1.165, 1.54) is 12.3 Å². The van der Waals surface area contributed by atoms with E-state index in [0.717, 1.165) is 11.3 Å². The minimum atomic E-state index is -0.500. The zero-order chi connectivity index (χ0) is 12.3. The van der Waals surface area contributed by atoms with E-state index in [1.54, 1.807) is 18.2 Å². The second-order valence-corrected chi connectivity index (χ2v) is 4.30. The van der Waals surface area contributed by atoms with E-state index >= 15 is 0 Å². The van der Waals surface area contributed by atoms with Crippen molar-refractivity contribution in [3.63, 3.8) is 0 Å². The fraction of sp³-hybridized carbons (Fsp3) is 0.0833. The highest BCUT2D eigenvalue weighted by molar-refractivity contribution is 6.35. The molecule has 0 fully saturated rings. The van der Waals surface area contributed by atoms with Crippen LogP contribution in [0.4, 0.5) is 10.1 Å². The predicted octanol–water partition coefficient (Wildman–Crippen LogP) is 4.14. The summed E-state index contributed by atoms with van der Waals surface area (Å²) in [5.74, 6) is -0.500. The van der Waals surface area contributed by atoms with Gasteiger partial charge in [0.25, 0.3) is 0 Å². The Morgan fingerprint density at radius 3 is 2.65 bits per heavy atom. The lowest BCUT2D eigenvalue weighted by molar-refractivity contribution is 0.584. The molecule has 0 aliphatic heterocycles. The van der Waals surface area contributed by atoms with E-state index in [9.17, 15) is 4.39 Å². The first-order valence-electron chi connectivity index (χ1n) is 4.94. The summed E-state index contributed by atoms with van der Waals surface area (Å²) in [6, 6.07) is 8.21. The average Bonchev–Trinajstić information content (AvgIpc) is 2.30. The van der Waals surface area contributed by atoms with Crippen LogP contribution >= 0.6 is 23.2 Å². The fourth-order valence-electron chi connectivity index (χ4n) is 1.34. The number of halogens is 3. The largest absolute Gasteiger partial charge is 0.380 e. The number of nitrogens with one attached hydrogen (secondary N) is 1. The minimum Gasteiger partial charge on any atom is -0.380 e. The molecule has 2 aromatic rings. The van der Waals surface area contributed by atoms with Gasteiger partial charge in [0, 0.05) is 16.6 Å². The maximum absolute atomic E-state index is 12.6. The Kier molecular flexibility index (Phi) is 3.82. The number of hydrogen-bond donors (Lipinski definition) is 1. The molecule has 0 atom stereocenters. The highest BCUT2D eigenvalue weighted by atomic mass is 35.5. The molecule has 5 heteroatoms. The Hall–Kier alpha value is -1.32. The lowest BCUT2D eigenvalue weighted by atomic mass is 10.2. The van der Waals surface area contributed by atoms with Crippen LogP contribution in [-0.2, 0) is 6.54 Å². The standard InChI is InChI=1S/C12H9Cl2FN2/c13-9-2-1-8(11(14)5-9)6-16-10-3-4-12(15)17-7-10/h1-5,7,16H,6H2. The van der Waals surface area contributed by atoms with Gasteiger partial charge in [-0.3, -0.25) is 0 Å². The van der Waals surface area contributed by atoms with Crippen molar-refractivity contribution in [1.29, 1.82) is 0 Å². The molecule has 17 heavy (non-hydrogen) atoms. The molecule has 0 spiro atoms. The molecule has 1 heterocycles. The van der Waals surface area contributed by atoms with E-state index in [1.807, 2.05) is 6.07 Å². The molecular formula is C12H9Cl2FN2. The number of rotatable bonds is 3. The molecule has 0 aliphatic carbocycles. The number of hydrogen-bond acceptors (Lipinski definition) is 2. The molecule has 88 valence electrons. The Morgan fingerprint density at radius 1 is 1.18 bits per heavy atom. The lowest BCUT2D eigenvalue weighted by Crippen LogP contribution is -2.00. The number of anilines is 1. The van der Waals surface area contributed by atoms with Gasteiger partial charge in [0.2, 0.25) is 5.95 Å². The van der Waals surface area contributed by atoms with Crippen LogP contribution in [0.25, 0.3) is 0 Å². The smallest absolute Gasteiger partial charge is 0.212 e. The molecule has 2 rings (SSSR count). The van der Waals surface area contributed by atoms with Gasteiger partial charge in [-0.1, -0.05) is 29.3 Å². The van der Waals surface area contributed by atoms with E-state index in [0.29, 0.717) is 16.6 Å². The topological polar surface area (TPSA) is 24.9 Å². The van der Waals surface area contributed by atoms with Crippen molar-refractivity contribution in [2.24, 2.45) is 0 Å². The molecule has 0 radical (unpaired) electrons. The maximum Gasteiger partial charge on any atom is 0.212 e. The zero-order valence-electron chi connectivity index (χ0n) is 8.75. The van der Waals surface area contributed by atoms with Crippen LogP contribution in [-0.4, -0.2) is 4.98 Å². The van der Waals surface area contributed by atoms with Gasteiger partial charge in [-0.25, -0.2) is 4.98 Å². The molecule has 0 saturated heterocycles. The van der Waals surface area contributed by atoms with Gasteiger partial charge in [-0.05, 0) is 29.8 Å². The SMILES string of the molecule is Fc1ccc(NCc2ccc(Cl)cc2Cl)cn1. The summed E-state index contributed by atoms with van der Waals surface area (Å²) in [6.45, 7) is 0.531. The van der Waals surface area contributed by atoms with Crippen LogP contribution in [0.5, 0.6) is 0 Å². The molecule has 0 bridgehead atoms. The van der Waals surface area contributed by atoms with E-state index in [4.69, 9.17) is 23.2 Å². The van der Waals surface area contributed by atoms with Gasteiger partial charge in [-0.15, -0.1) is 0 Å². The normalized spacial score (nSPS) is 10.3. The molecular weight excluding hydrogens is 262 g/mol. The summed E-state index contributed by atoms with van der Waals surface area (Å²) in [5, 5.41) is 4.29. The van der Waals surface area contributed by atoms with Crippen LogP contribution in [0.1, 0.15) is 5.56 Å². The summed E-state index contributed by atoms with van der Waals surface area (Å²) in [7, 11) is 0. The molecule has 2 nitrogen and oxygen atoms in total. The highest BCUT2D eigenvalue weighted by Crippen LogP contribution is 2.21. The second kappa shape index (κ2) is 5.34. The number of benzene rings is 1. The summed E-state index contributed by atoms with van der Waals surface area (Å²) in [4.78, 5) is 3.54. The molecule has 1 N–H and O–H groups in total. The Morgan fingerprint density at radius 2 is 2.00 bits per heavy atom. The van der Waals surface area contributed by atoms with Crippen molar-refractivity contribution >= 4 is 28.9 Å². The summed E-state index contributed by atoms with van der Waals surface area (Å²) in [6.07, 6.45) is 1.43. The first-order chi connectivity index (χ1) is 8.15.